The van der Waals surface area contributed by atoms with E-state index in [1.54, 1.807) is 0 Å². The third-order valence-corrected chi connectivity index (χ3v) is 4.65. The molecule has 1 heterocycles. The molecule has 1 nitrogen and oxygen atoms in total. The normalized spacial score (nSPS) is 10.2. The molecule has 0 saturated carbocycles. The fourth-order valence-electron chi connectivity index (χ4n) is 2.02. The molecule has 5 heteroatoms. The van der Waals surface area contributed by atoms with E-state index in [-0.39, 0.29) is 7.53 Å². The Hall–Kier alpha value is -0.816. The number of rotatable bonds is 1. The molecule has 0 N–H and O–H groups in total. The summed E-state index contributed by atoms with van der Waals surface area (Å²) in [6, 6.07) is 23.0. The van der Waals surface area contributed by atoms with Crippen LogP contribution in [0.5, 0.6) is 0 Å². The first-order valence-corrected chi connectivity index (χ1v) is 12.4. The van der Waals surface area contributed by atoms with Crippen LogP contribution in [-0.2, 0) is 17.0 Å². The Morgan fingerprint density at radius 2 is 1.77 bits per heavy atom. The molecule has 0 aliphatic carbocycles. The Bertz CT molecular complexity index is 698. The molecule has 0 spiro atoms. The van der Waals surface area contributed by atoms with Crippen molar-refractivity contribution in [1.29, 1.82) is 0 Å². The second kappa shape index (κ2) is 10.1. The summed E-state index contributed by atoms with van der Waals surface area (Å²) in [6.45, 7) is 0. The largest absolute Gasteiger partial charge is 0.260 e. The second-order valence-electron chi connectivity index (χ2n) is 4.35. The number of benzene rings is 1. The van der Waals surface area contributed by atoms with Gasteiger partial charge < -0.3 is 0 Å². The van der Waals surface area contributed by atoms with Gasteiger partial charge in [0.05, 0.1) is 0 Å². The maximum absolute atomic E-state index is 4.89. The molecule has 112 valence electrons. The van der Waals surface area contributed by atoms with Gasteiger partial charge in [-0.05, 0) is 5.80 Å². The Balaban J connectivity index is 0.000000184. The first-order chi connectivity index (χ1) is 10.8. The van der Waals surface area contributed by atoms with Gasteiger partial charge in [-0.15, -0.1) is 35.0 Å². The molecular formula is C17H14Cl2NPTi-2. The predicted molar refractivity (Wildman–Crippen MR) is 95.1 cm³/mol. The third-order valence-electron chi connectivity index (χ3n) is 2.96. The van der Waals surface area contributed by atoms with E-state index in [0.29, 0.717) is 0 Å². The fraction of sp³-hybridized carbons (Fsp3) is 0. The molecule has 0 fully saturated rings. The molecule has 0 bridgehead atoms. The van der Waals surface area contributed by atoms with Crippen molar-refractivity contribution in [2.75, 3.05) is 0 Å². The molecule has 1 unspecified atom stereocenters. The maximum atomic E-state index is 4.89. The number of hydrogen-bond donors (Lipinski definition) is 0. The van der Waals surface area contributed by atoms with Crippen molar-refractivity contribution >= 4 is 36.9 Å². The van der Waals surface area contributed by atoms with E-state index in [9.17, 15) is 0 Å². The number of aromatic nitrogens is 1. The van der Waals surface area contributed by atoms with Gasteiger partial charge in [-0.3, -0.25) is 4.98 Å². The molecule has 1 atom stereocenters. The quantitative estimate of drug-likeness (QED) is 0.263. The fourth-order valence-corrected chi connectivity index (χ4v) is 3.42. The minimum Gasteiger partial charge on any atom is -0.260 e. The molecule has 0 aliphatic rings. The minimum atomic E-state index is -0.556. The van der Waals surface area contributed by atoms with Gasteiger partial charge in [0.2, 0.25) is 0 Å². The van der Waals surface area contributed by atoms with E-state index >= 15 is 0 Å². The molecule has 1 aromatic heterocycles. The minimum absolute atomic E-state index is 0.259. The molecule has 0 saturated heterocycles. The van der Waals surface area contributed by atoms with Crippen LogP contribution in [0.3, 0.4) is 0 Å². The summed E-state index contributed by atoms with van der Waals surface area (Å²) in [5, 5.41) is 4.07. The Morgan fingerprint density at radius 3 is 2.32 bits per heavy atom. The summed E-state index contributed by atoms with van der Waals surface area (Å²) in [6.07, 6.45) is 1.89. The van der Waals surface area contributed by atoms with Crippen molar-refractivity contribution in [3.05, 3.63) is 84.7 Å². The first-order valence-electron chi connectivity index (χ1n) is 6.62. The average molecular weight is 382 g/mol. The number of fused-ring (bicyclic) bond motifs is 1. The van der Waals surface area contributed by atoms with Crippen molar-refractivity contribution in [1.82, 2.24) is 4.98 Å². The molecule has 4 aromatic rings. The van der Waals surface area contributed by atoms with Crippen LogP contribution in [0.1, 0.15) is 0 Å². The van der Waals surface area contributed by atoms with Gasteiger partial charge in [0.15, 0.2) is 0 Å². The first kappa shape index (κ1) is 17.5. The summed E-state index contributed by atoms with van der Waals surface area (Å²) >= 11 is -0.556. The van der Waals surface area contributed by atoms with Crippen LogP contribution < -0.4 is 0 Å². The molecule has 0 amide bonds. The van der Waals surface area contributed by atoms with Crippen molar-refractivity contribution in [2.45, 2.75) is 0 Å². The number of nitrogens with zero attached hydrogens (tertiary/aromatic N) is 1. The third kappa shape index (κ3) is 5.43. The van der Waals surface area contributed by atoms with Crippen molar-refractivity contribution in [2.24, 2.45) is 0 Å². The van der Waals surface area contributed by atoms with Crippen molar-refractivity contribution in [3.63, 3.8) is 0 Å². The Labute approximate surface area is 148 Å². The SMILES string of the molecule is [Cl][Ti][Cl].c1cc[cH-]c1.c1ccc2[cH-]c(-p3ccnc3)cc2c1. The van der Waals surface area contributed by atoms with E-state index in [4.69, 9.17) is 18.6 Å². The van der Waals surface area contributed by atoms with E-state index < -0.39 is 17.0 Å². The molecule has 3 aromatic carbocycles. The van der Waals surface area contributed by atoms with E-state index in [0.717, 1.165) is 0 Å². The van der Waals surface area contributed by atoms with Gasteiger partial charge in [0.25, 0.3) is 0 Å². The summed E-state index contributed by atoms with van der Waals surface area (Å²) in [5.41, 5.74) is 0. The predicted octanol–water partition coefficient (Wildman–Crippen LogP) is 6.71. The van der Waals surface area contributed by atoms with Gasteiger partial charge in [0.1, 0.15) is 0 Å². The van der Waals surface area contributed by atoms with Crippen LogP contribution in [-0.4, -0.2) is 4.98 Å². The van der Waals surface area contributed by atoms with Crippen LogP contribution >= 0.6 is 26.1 Å². The topological polar surface area (TPSA) is 12.9 Å². The van der Waals surface area contributed by atoms with Gasteiger partial charge in [-0.25, -0.2) is 12.1 Å². The zero-order valence-corrected chi connectivity index (χ0v) is 15.7. The van der Waals surface area contributed by atoms with Crippen molar-refractivity contribution < 1.29 is 17.0 Å². The van der Waals surface area contributed by atoms with Gasteiger partial charge in [-0.1, -0.05) is 18.9 Å². The van der Waals surface area contributed by atoms with Crippen molar-refractivity contribution in [3.8, 4) is 5.30 Å². The van der Waals surface area contributed by atoms with Crippen LogP contribution in [0.4, 0.5) is 0 Å². The number of halogens is 2. The standard InChI is InChI=1S/C12H9NP.C5H5.2ClH.Ti/c1-2-4-11-8-12(7-10(11)3-1)14-6-5-13-9-14;1-2-4-5-3-1;;;/h1-9H;1-5H;2*1H;/q2*-1;;;+2/p-2. The van der Waals surface area contributed by atoms with E-state index in [1.807, 2.05) is 42.5 Å². The summed E-state index contributed by atoms with van der Waals surface area (Å²) in [4.78, 5) is 4.13. The smallest absolute Gasteiger partial charge is 0.0488 e. The van der Waals surface area contributed by atoms with Gasteiger partial charge in [0, 0.05) is 12.1 Å². The maximum Gasteiger partial charge on any atom is 0.0488 e. The zero-order valence-electron chi connectivity index (χ0n) is 11.7. The van der Waals surface area contributed by atoms with E-state index in [2.05, 4.69) is 47.2 Å². The molecule has 0 aliphatic heterocycles. The summed E-state index contributed by atoms with van der Waals surface area (Å²) in [5.74, 6) is 4.23. The van der Waals surface area contributed by atoms with Crippen LogP contribution in [0.2, 0.25) is 0 Å². The monoisotopic (exact) mass is 381 g/mol. The molecule has 0 radical (unpaired) electrons. The Morgan fingerprint density at radius 1 is 1.05 bits per heavy atom. The van der Waals surface area contributed by atoms with Gasteiger partial charge >= 0.3 is 35.6 Å². The second-order valence-corrected chi connectivity index (χ2v) is 8.79. The van der Waals surface area contributed by atoms with Crippen LogP contribution in [0.25, 0.3) is 16.1 Å². The zero-order chi connectivity index (χ0) is 15.6. The molecule has 4 rings (SSSR count). The van der Waals surface area contributed by atoms with E-state index in [1.165, 1.54) is 16.1 Å². The van der Waals surface area contributed by atoms with Crippen LogP contribution in [0.15, 0.2) is 84.7 Å². The van der Waals surface area contributed by atoms with Gasteiger partial charge in [-0.2, -0.15) is 24.3 Å². The Kier molecular flexibility index (Phi) is 8.01. The summed E-state index contributed by atoms with van der Waals surface area (Å²) in [7, 11) is 9.52. The molecule has 22 heavy (non-hydrogen) atoms. The van der Waals surface area contributed by atoms with Crippen LogP contribution in [0, 0.1) is 0 Å². The summed E-state index contributed by atoms with van der Waals surface area (Å²) < 4.78 is 0. The number of hydrogen-bond acceptors (Lipinski definition) is 1. The average Bonchev–Trinajstić information content (AvgIpc) is 3.29. The molecular weight excluding hydrogens is 368 g/mol.